The third-order valence-electron chi connectivity index (χ3n) is 21.1. The second-order valence-electron chi connectivity index (χ2n) is 31.4. The van der Waals surface area contributed by atoms with Crippen molar-refractivity contribution in [3.8, 4) is 22.2 Å². The van der Waals surface area contributed by atoms with Gasteiger partial charge in [0.2, 0.25) is 0 Å². The van der Waals surface area contributed by atoms with Gasteiger partial charge in [-0.1, -0.05) is 129 Å². The lowest BCUT2D eigenvalue weighted by Gasteiger charge is -2.08. The molecule has 31 nitrogen and oxygen atoms in total. The van der Waals surface area contributed by atoms with Gasteiger partial charge in [-0.05, 0) is 164 Å². The Bertz CT molecular complexity index is 6000. The third-order valence-corrected chi connectivity index (χ3v) is 22.9. The summed E-state index contributed by atoms with van der Waals surface area (Å²) in [6, 6.07) is 32.3. The van der Waals surface area contributed by atoms with Crippen LogP contribution in [0.5, 0.6) is 11.5 Å². The number of halogens is 7. The SMILES string of the molecule is Cc1nc(C)c(-c2nc3ccccc3n2CCCCB(O)O)s1.OB(O)CCCCCn1cnc2cc(Cl)cc(Cl)c21.OB(O)CCCCCn1cnc2cc(F)c(F)cc21.OB(O)CCCCCn1cnc2cccc(Cl)c21.OB(O)CCCCn1cnc2c(O)cccc21.OB(O)CCCCn1cnc2cc(F)c(F)cc21.OB(O)CCCCn1cnc2cccc(O)c21. The Morgan fingerprint density at radius 1 is 0.313 bits per heavy atom. The minimum atomic E-state index is -1.30. The Hall–Kier alpha value is -9.46. The molecule has 0 aliphatic carbocycles. The molecule has 696 valence electrons. The van der Waals surface area contributed by atoms with Gasteiger partial charge < -0.3 is 113 Å². The summed E-state index contributed by atoms with van der Waals surface area (Å²) >= 11 is 19.9. The minimum Gasteiger partial charge on any atom is -0.506 e. The van der Waals surface area contributed by atoms with Crippen molar-refractivity contribution >= 4 is 173 Å². The molecule has 8 heterocycles. The summed E-state index contributed by atoms with van der Waals surface area (Å²) in [4.78, 5) is 35.4. The highest BCUT2D eigenvalue weighted by Gasteiger charge is 2.21. The molecule has 0 aliphatic rings. The number of fused-ring (bicyclic) bond motifs is 7. The summed E-state index contributed by atoms with van der Waals surface area (Å²) in [5.74, 6) is -2.20. The number of imidazole rings is 7. The van der Waals surface area contributed by atoms with Crippen molar-refractivity contribution in [3.63, 3.8) is 0 Å². The molecule has 0 fully saturated rings. The summed E-state index contributed by atoms with van der Waals surface area (Å²) in [6.45, 7) is 9.17. The fraction of sp³-hybridized carbons (Fsp3) is 0.388. The summed E-state index contributed by atoms with van der Waals surface area (Å²) in [5.41, 5.74) is 11.6. The van der Waals surface area contributed by atoms with E-state index in [0.29, 0.717) is 121 Å². The molecular weight excluding hydrogens is 1780 g/mol. The molecule has 131 heavy (non-hydrogen) atoms. The van der Waals surface area contributed by atoms with Crippen LogP contribution in [0.2, 0.25) is 59.3 Å². The van der Waals surface area contributed by atoms with Gasteiger partial charge >= 0.3 is 49.8 Å². The maximum Gasteiger partial charge on any atom is 0.451 e. The van der Waals surface area contributed by atoms with E-state index < -0.39 is 73.1 Å². The minimum absolute atomic E-state index is 0.187. The molecule has 0 aliphatic heterocycles. The first kappa shape index (κ1) is 105. The molecule has 16 N–H and O–H groups in total. The molecule has 46 heteroatoms. The summed E-state index contributed by atoms with van der Waals surface area (Å²) in [6.07, 6.45) is 26.6. The highest BCUT2D eigenvalue weighted by molar-refractivity contribution is 7.15. The van der Waals surface area contributed by atoms with Gasteiger partial charge in [-0.3, -0.25) is 0 Å². The van der Waals surface area contributed by atoms with E-state index in [0.717, 1.165) is 216 Å². The second-order valence-corrected chi connectivity index (χ2v) is 33.9. The van der Waals surface area contributed by atoms with Crippen LogP contribution in [0.15, 0.2) is 153 Å². The molecule has 0 saturated heterocycles. The number of thiazole rings is 1. The lowest BCUT2D eigenvalue weighted by atomic mass is 9.83. The van der Waals surface area contributed by atoms with Crippen LogP contribution in [0.4, 0.5) is 17.6 Å². The molecule has 8 aromatic heterocycles. The van der Waals surface area contributed by atoms with Crippen LogP contribution in [-0.2, 0) is 45.8 Å². The predicted octanol–water partition coefficient (Wildman–Crippen LogP) is 13.9. The van der Waals surface area contributed by atoms with Gasteiger partial charge in [0.15, 0.2) is 29.1 Å². The van der Waals surface area contributed by atoms with Gasteiger partial charge in [0.1, 0.15) is 22.5 Å². The zero-order valence-corrected chi connectivity index (χ0v) is 75.9. The van der Waals surface area contributed by atoms with Crippen molar-refractivity contribution in [3.05, 3.63) is 202 Å². The van der Waals surface area contributed by atoms with Crippen LogP contribution in [0.1, 0.15) is 120 Å². The third kappa shape index (κ3) is 33.3. The van der Waals surface area contributed by atoms with Gasteiger partial charge in [0.25, 0.3) is 0 Å². The van der Waals surface area contributed by atoms with Crippen molar-refractivity contribution < 1.29 is 98.1 Å². The summed E-state index contributed by atoms with van der Waals surface area (Å²) in [7, 11) is -8.62. The van der Waals surface area contributed by atoms with Crippen LogP contribution < -0.4 is 0 Å². The van der Waals surface area contributed by atoms with Crippen LogP contribution >= 0.6 is 46.1 Å². The van der Waals surface area contributed by atoms with Crippen LogP contribution in [0.3, 0.4) is 0 Å². The fourth-order valence-corrected chi connectivity index (χ4v) is 16.3. The fourth-order valence-electron chi connectivity index (χ4n) is 14.5. The molecule has 15 rings (SSSR count). The van der Waals surface area contributed by atoms with E-state index in [9.17, 15) is 27.8 Å². The van der Waals surface area contributed by atoms with Gasteiger partial charge in [-0.25, -0.2) is 57.4 Å². The normalized spacial score (nSPS) is 11.1. The number of hydrogen-bond acceptors (Lipinski definition) is 25. The average Bonchev–Trinajstić information content (AvgIpc) is 1.62. The maximum absolute atomic E-state index is 13.2. The Labute approximate surface area is 776 Å². The van der Waals surface area contributed by atoms with E-state index in [2.05, 4.69) is 45.5 Å². The number of rotatable bonds is 39. The monoisotopic (exact) mass is 1890 g/mol. The molecule has 0 bridgehead atoms. The number of benzene rings is 7. The molecule has 0 radical (unpaired) electrons. The number of hydrogen-bond donors (Lipinski definition) is 16. The Balaban J connectivity index is 0.000000172. The molecular formula is C85H109B7Cl3F4N15O16S. The number of nitrogens with zero attached hydrogens (tertiary/aromatic N) is 15. The van der Waals surface area contributed by atoms with Gasteiger partial charge in [-0.15, -0.1) is 11.3 Å². The van der Waals surface area contributed by atoms with Gasteiger partial charge in [-0.2, -0.15) is 0 Å². The first-order valence-corrected chi connectivity index (χ1v) is 45.5. The quantitative estimate of drug-likeness (QED) is 0.00966. The van der Waals surface area contributed by atoms with Crippen molar-refractivity contribution in [1.29, 1.82) is 0 Å². The van der Waals surface area contributed by atoms with E-state index in [4.69, 9.17) is 110 Å². The Kier molecular flexibility index (Phi) is 43.4. The first-order chi connectivity index (χ1) is 62.8. The molecule has 7 aromatic carbocycles. The van der Waals surface area contributed by atoms with Crippen molar-refractivity contribution in [2.75, 3.05) is 0 Å². The number of unbranched alkanes of at least 4 members (excludes halogenated alkanes) is 10. The largest absolute Gasteiger partial charge is 0.506 e. The zero-order valence-electron chi connectivity index (χ0n) is 72.8. The van der Waals surface area contributed by atoms with Crippen LogP contribution in [0, 0.1) is 37.1 Å². The molecule has 0 spiro atoms. The second kappa shape index (κ2) is 54.0. The number of phenols is 2. The zero-order chi connectivity index (χ0) is 94.6. The molecule has 0 amide bonds. The van der Waals surface area contributed by atoms with Crippen LogP contribution in [-0.4, -0.2) is 202 Å². The van der Waals surface area contributed by atoms with E-state index in [1.165, 1.54) is 6.33 Å². The van der Waals surface area contributed by atoms with Gasteiger partial charge in [0.05, 0.1) is 130 Å². The Morgan fingerprint density at radius 2 is 0.664 bits per heavy atom. The van der Waals surface area contributed by atoms with E-state index in [1.807, 2.05) is 80.6 Å². The Morgan fingerprint density at radius 3 is 1.14 bits per heavy atom. The molecule has 0 unspecified atom stereocenters. The van der Waals surface area contributed by atoms with Crippen molar-refractivity contribution in [1.82, 2.24) is 71.8 Å². The molecule has 15 aromatic rings. The summed E-state index contributed by atoms with van der Waals surface area (Å²) in [5, 5.41) is 145. The number of aryl methyl sites for hydroxylation is 9. The van der Waals surface area contributed by atoms with E-state index in [-0.39, 0.29) is 11.5 Å². The smallest absolute Gasteiger partial charge is 0.451 e. The molecule has 0 saturated carbocycles. The van der Waals surface area contributed by atoms with E-state index >= 15 is 0 Å². The predicted molar refractivity (Wildman–Crippen MR) is 510 cm³/mol. The van der Waals surface area contributed by atoms with Crippen molar-refractivity contribution in [2.45, 2.75) is 213 Å². The topological polar surface area (TPSA) is 461 Å². The first-order valence-electron chi connectivity index (χ1n) is 43.5. The number of para-hydroxylation sites is 5. The lowest BCUT2D eigenvalue weighted by molar-refractivity contribution is 0.399. The summed E-state index contributed by atoms with van der Waals surface area (Å²) < 4.78 is 65.9. The molecule has 0 atom stereocenters. The van der Waals surface area contributed by atoms with E-state index in [1.54, 1.807) is 88.5 Å². The standard InChI is InChI=1S/C16H20BN3O2S.C12H15BCl2N2O2.C12H16BClN2O2.C12H15BF2N2O2.C11H13BF2N2O2.2C11H15BN2O3/c1-11-15(23-12(2)18-11)16-19-13-7-3-4-8-14(13)20(16)10-6-5-9-17(21)22;14-9-6-10(15)12-11(7-9)16-8-17(12)5-3-1-2-4-13(18)19;14-10-5-4-6-11-12(10)16(9-15-11)8-3-1-2-7-13(17)18;14-9-6-11-12(7-10(9)15)17(8-16-11)5-3-1-2-4-13(18)19;13-8-5-10-11(6-9(8)14)16(7-15-10)4-2-1-3-12(17)18;15-10-5-3-4-9-11(10)13-8-14(9)7-2-1-6-12(16)17;15-10-5-3-4-9-11(10)14(8-13-9)7-2-1-6-12(16)17/h3-4,7-8,21-22H,5-6,9-10H2,1-2H3;6-8,18-19H,1-5H2;4-6,9,17-18H,1-3,7-8H2;6-8,18-19H,1-5H2;5-7,17-18H,1-4H2;2*3-5,8,15-17H,1-2,6-7H2. The van der Waals surface area contributed by atoms with Crippen LogP contribution in [0.25, 0.3) is 87.9 Å². The van der Waals surface area contributed by atoms with Crippen molar-refractivity contribution in [2.24, 2.45) is 0 Å². The highest BCUT2D eigenvalue weighted by atomic mass is 35.5. The average molecular weight is 1890 g/mol. The highest BCUT2D eigenvalue weighted by Crippen LogP contribution is 2.34. The lowest BCUT2D eigenvalue weighted by Crippen LogP contribution is -2.10. The maximum atomic E-state index is 13.2. The number of aromatic hydroxyl groups is 2. The van der Waals surface area contributed by atoms with Gasteiger partial charge in [0, 0.05) is 75.1 Å². The number of aromatic nitrogens is 15. The number of phenolic OH excluding ortho intramolecular Hbond substituents is 2.